The van der Waals surface area contributed by atoms with Crippen LogP contribution in [0.4, 0.5) is 23.1 Å². The second kappa shape index (κ2) is 10.0. The molecule has 10 heteroatoms. The summed E-state index contributed by atoms with van der Waals surface area (Å²) in [5.41, 5.74) is 3.38. The van der Waals surface area contributed by atoms with Gasteiger partial charge in [0.25, 0.3) is 5.91 Å². The van der Waals surface area contributed by atoms with Gasteiger partial charge in [-0.2, -0.15) is 0 Å². The number of rotatable bonds is 6. The van der Waals surface area contributed by atoms with Crippen molar-refractivity contribution in [1.82, 2.24) is 24.8 Å². The number of carbonyl (C=O) groups excluding carboxylic acids is 1. The number of carbonyl (C=O) groups is 1. The van der Waals surface area contributed by atoms with E-state index < -0.39 is 0 Å². The Bertz CT molecular complexity index is 1450. The topological polar surface area (TPSA) is 115 Å². The van der Waals surface area contributed by atoms with Crippen molar-refractivity contribution in [1.29, 1.82) is 0 Å². The van der Waals surface area contributed by atoms with Crippen LogP contribution in [0.25, 0.3) is 10.9 Å². The number of H-pyrrole nitrogens is 1. The molecule has 0 unspecified atom stereocenters. The first-order valence-corrected chi connectivity index (χ1v) is 11.7. The summed E-state index contributed by atoms with van der Waals surface area (Å²) < 4.78 is 0. The number of likely N-dealkylation sites (N-methyl/N-ethyl adjacent to an activating group) is 1. The van der Waals surface area contributed by atoms with Crippen LogP contribution in [-0.4, -0.2) is 76.4 Å². The number of nitrogens with one attached hydrogen (secondary N) is 2. The first-order valence-electron chi connectivity index (χ1n) is 11.7. The van der Waals surface area contributed by atoms with E-state index in [-0.39, 0.29) is 5.91 Å². The zero-order valence-electron chi connectivity index (χ0n) is 20.3. The van der Waals surface area contributed by atoms with Gasteiger partial charge in [-0.25, -0.2) is 24.9 Å². The van der Waals surface area contributed by atoms with Gasteiger partial charge in [0.15, 0.2) is 5.82 Å². The van der Waals surface area contributed by atoms with Crippen LogP contribution >= 0.6 is 0 Å². The van der Waals surface area contributed by atoms with Gasteiger partial charge in [-0.05, 0) is 51.0 Å². The van der Waals surface area contributed by atoms with Crippen molar-refractivity contribution >= 4 is 52.4 Å². The standard InChI is InChI=1S/C26H27N9O/c1-17(31-21-7-9-29-25(21)27-2)20-5-4-19-16-30-23(15-22(19)32-20)33-26(36)18-6-8-28-24(14-18)35-12-10-34(3)11-13-35/h4-9,14-16,29H,2,10-13H2,1,3H3,(H,30,33,36)/b31-17+. The van der Waals surface area contributed by atoms with Crippen LogP contribution in [0.3, 0.4) is 0 Å². The molecule has 2 N–H and O–H groups in total. The average Bonchev–Trinajstić information content (AvgIpc) is 3.35. The lowest BCUT2D eigenvalue weighted by Gasteiger charge is -2.33. The Hall–Kier alpha value is -4.44. The Labute approximate surface area is 208 Å². The molecular formula is C26H27N9O. The molecule has 4 aromatic heterocycles. The molecule has 5 rings (SSSR count). The first-order chi connectivity index (χ1) is 17.5. The highest BCUT2D eigenvalue weighted by Gasteiger charge is 2.17. The number of fused-ring (bicyclic) bond motifs is 1. The number of hydrogen-bond acceptors (Lipinski definition) is 8. The zero-order valence-corrected chi connectivity index (χ0v) is 20.3. The van der Waals surface area contributed by atoms with Crippen molar-refractivity contribution in [3.63, 3.8) is 0 Å². The summed E-state index contributed by atoms with van der Waals surface area (Å²) in [5, 5.41) is 3.75. The van der Waals surface area contributed by atoms with Gasteiger partial charge in [0.05, 0.1) is 16.9 Å². The SMILES string of the molecule is C=Nc1[nH]ccc1/N=C(\C)c1ccc2cnc(NC(=O)c3ccnc(N4CCN(C)CC4)c3)cc2n1. The van der Waals surface area contributed by atoms with Crippen molar-refractivity contribution in [3.8, 4) is 0 Å². The third-order valence-corrected chi connectivity index (χ3v) is 6.17. The number of aliphatic imine (C=N–C) groups is 2. The molecule has 0 aliphatic carbocycles. The van der Waals surface area contributed by atoms with E-state index in [9.17, 15) is 4.79 Å². The lowest BCUT2D eigenvalue weighted by atomic mass is 10.2. The fourth-order valence-corrected chi connectivity index (χ4v) is 4.05. The first kappa shape index (κ1) is 23.3. The van der Waals surface area contributed by atoms with Crippen LogP contribution in [0.15, 0.2) is 65.0 Å². The Morgan fingerprint density at radius 2 is 1.94 bits per heavy atom. The molecule has 5 heterocycles. The monoisotopic (exact) mass is 481 g/mol. The van der Waals surface area contributed by atoms with Gasteiger partial charge in [-0.1, -0.05) is 0 Å². The van der Waals surface area contributed by atoms with Crippen molar-refractivity contribution in [2.24, 2.45) is 9.98 Å². The van der Waals surface area contributed by atoms with Crippen molar-refractivity contribution in [3.05, 3.63) is 66.2 Å². The Balaban J connectivity index is 1.35. The molecule has 36 heavy (non-hydrogen) atoms. The van der Waals surface area contributed by atoms with Crippen LogP contribution in [-0.2, 0) is 0 Å². The number of hydrogen-bond donors (Lipinski definition) is 2. The predicted octanol–water partition coefficient (Wildman–Crippen LogP) is 3.83. The molecule has 0 radical (unpaired) electrons. The number of nitrogens with zero attached hydrogens (tertiary/aromatic N) is 7. The molecular weight excluding hydrogens is 454 g/mol. The Morgan fingerprint density at radius 3 is 2.75 bits per heavy atom. The fraction of sp³-hybridized carbons (Fsp3) is 0.231. The minimum atomic E-state index is -0.245. The summed E-state index contributed by atoms with van der Waals surface area (Å²) in [6.45, 7) is 9.14. The minimum absolute atomic E-state index is 0.245. The predicted molar refractivity (Wildman–Crippen MR) is 143 cm³/mol. The second-order valence-corrected chi connectivity index (χ2v) is 8.67. The normalized spacial score (nSPS) is 14.7. The molecule has 0 spiro atoms. The van der Waals surface area contributed by atoms with Crippen LogP contribution in [0.1, 0.15) is 23.0 Å². The largest absolute Gasteiger partial charge is 0.354 e. The summed E-state index contributed by atoms with van der Waals surface area (Å²) >= 11 is 0. The molecule has 182 valence electrons. The quantitative estimate of drug-likeness (QED) is 0.405. The molecule has 1 fully saturated rings. The summed E-state index contributed by atoms with van der Waals surface area (Å²) in [7, 11) is 2.11. The minimum Gasteiger partial charge on any atom is -0.354 e. The van der Waals surface area contributed by atoms with Gasteiger partial charge in [0.2, 0.25) is 0 Å². The van der Waals surface area contributed by atoms with E-state index in [1.165, 1.54) is 0 Å². The van der Waals surface area contributed by atoms with E-state index in [4.69, 9.17) is 4.98 Å². The summed E-state index contributed by atoms with van der Waals surface area (Å²) in [5.74, 6) is 1.59. The highest BCUT2D eigenvalue weighted by atomic mass is 16.1. The Kier molecular flexibility index (Phi) is 6.50. The van der Waals surface area contributed by atoms with Crippen LogP contribution in [0.5, 0.6) is 0 Å². The maximum atomic E-state index is 13.0. The van der Waals surface area contributed by atoms with Crippen LogP contribution < -0.4 is 10.2 Å². The number of pyridine rings is 3. The van der Waals surface area contributed by atoms with Gasteiger partial charge < -0.3 is 20.1 Å². The molecule has 0 bridgehead atoms. The molecule has 1 amide bonds. The third kappa shape index (κ3) is 4.98. The number of aromatic amines is 1. The maximum Gasteiger partial charge on any atom is 0.257 e. The maximum absolute atomic E-state index is 13.0. The molecule has 0 aromatic carbocycles. The highest BCUT2D eigenvalue weighted by molar-refractivity contribution is 6.05. The van der Waals surface area contributed by atoms with E-state index in [2.05, 4.69) is 53.8 Å². The molecule has 10 nitrogen and oxygen atoms in total. The van der Waals surface area contributed by atoms with E-state index in [1.807, 2.05) is 31.2 Å². The van der Waals surface area contributed by atoms with Gasteiger partial charge in [-0.3, -0.25) is 4.79 Å². The fourth-order valence-electron chi connectivity index (χ4n) is 4.05. The van der Waals surface area contributed by atoms with Crippen molar-refractivity contribution < 1.29 is 4.79 Å². The second-order valence-electron chi connectivity index (χ2n) is 8.67. The van der Waals surface area contributed by atoms with E-state index in [0.717, 1.165) is 43.1 Å². The van der Waals surface area contributed by atoms with E-state index in [0.29, 0.717) is 34.1 Å². The zero-order chi connectivity index (χ0) is 25.1. The molecule has 1 aliphatic heterocycles. The summed E-state index contributed by atoms with van der Waals surface area (Å²) in [6, 6.07) is 11.0. The molecule has 1 saturated heterocycles. The van der Waals surface area contributed by atoms with E-state index in [1.54, 1.807) is 30.7 Å². The molecule has 1 aliphatic rings. The smallest absolute Gasteiger partial charge is 0.257 e. The van der Waals surface area contributed by atoms with E-state index >= 15 is 0 Å². The average molecular weight is 482 g/mol. The molecule has 0 saturated carbocycles. The van der Waals surface area contributed by atoms with Gasteiger partial charge in [-0.15, -0.1) is 0 Å². The number of aromatic nitrogens is 4. The van der Waals surface area contributed by atoms with Gasteiger partial charge >= 0.3 is 0 Å². The molecule has 4 aromatic rings. The number of anilines is 2. The van der Waals surface area contributed by atoms with Crippen molar-refractivity contribution in [2.45, 2.75) is 6.92 Å². The highest BCUT2D eigenvalue weighted by Crippen LogP contribution is 2.26. The lowest BCUT2D eigenvalue weighted by molar-refractivity contribution is 0.102. The summed E-state index contributed by atoms with van der Waals surface area (Å²) in [6.07, 6.45) is 5.13. The van der Waals surface area contributed by atoms with Gasteiger partial charge in [0, 0.05) is 61.8 Å². The number of amides is 1. The van der Waals surface area contributed by atoms with Crippen molar-refractivity contribution in [2.75, 3.05) is 43.4 Å². The van der Waals surface area contributed by atoms with Crippen LogP contribution in [0, 0.1) is 0 Å². The molecule has 0 atom stereocenters. The van der Waals surface area contributed by atoms with Gasteiger partial charge in [0.1, 0.15) is 17.3 Å². The summed E-state index contributed by atoms with van der Waals surface area (Å²) in [4.78, 5) is 42.6. The Morgan fingerprint density at radius 1 is 1.11 bits per heavy atom. The third-order valence-electron chi connectivity index (χ3n) is 6.17. The van der Waals surface area contributed by atoms with Crippen LogP contribution in [0.2, 0.25) is 0 Å². The lowest BCUT2D eigenvalue weighted by Crippen LogP contribution is -2.44. The number of piperazine rings is 1.